The lowest BCUT2D eigenvalue weighted by Gasteiger charge is -2.47. The van der Waals surface area contributed by atoms with E-state index in [-0.39, 0.29) is 0 Å². The lowest BCUT2D eigenvalue weighted by atomic mass is 9.58. The van der Waals surface area contributed by atoms with Crippen molar-refractivity contribution in [3.8, 4) is 0 Å². The standard InChI is InChI=1S/C15H24/c1-11(2)13-8-9-14-7-5-6-12(3)15(14,4)10-13/h7,12-13H,1,5-6,8-10H2,2-4H3/t12-,13+,15+/m1/s1. The summed E-state index contributed by atoms with van der Waals surface area (Å²) in [7, 11) is 0. The predicted octanol–water partition coefficient (Wildman–Crippen LogP) is 4.73. The predicted molar refractivity (Wildman–Crippen MR) is 66.7 cm³/mol. The number of hydrogen-bond donors (Lipinski definition) is 0. The molecule has 0 saturated heterocycles. The van der Waals surface area contributed by atoms with Gasteiger partial charge in [0.1, 0.15) is 0 Å². The first-order chi connectivity index (χ1) is 7.04. The molecule has 0 heterocycles. The SMILES string of the molecule is C=C(C)[C@H]1CCC2=CCC[C@@H](C)[C@]2(C)C1. The van der Waals surface area contributed by atoms with Crippen molar-refractivity contribution in [2.75, 3.05) is 0 Å². The highest BCUT2D eigenvalue weighted by Gasteiger charge is 2.41. The summed E-state index contributed by atoms with van der Waals surface area (Å²) in [5, 5.41) is 0. The lowest BCUT2D eigenvalue weighted by Crippen LogP contribution is -2.36. The molecule has 0 unspecified atom stereocenters. The van der Waals surface area contributed by atoms with Crippen LogP contribution in [0.25, 0.3) is 0 Å². The minimum atomic E-state index is 0.486. The number of hydrogen-bond acceptors (Lipinski definition) is 0. The van der Waals surface area contributed by atoms with Gasteiger partial charge in [-0.1, -0.05) is 37.6 Å². The Balaban J connectivity index is 2.24. The molecule has 84 valence electrons. The van der Waals surface area contributed by atoms with Crippen molar-refractivity contribution >= 4 is 0 Å². The monoisotopic (exact) mass is 204 g/mol. The van der Waals surface area contributed by atoms with Crippen LogP contribution in [0, 0.1) is 17.3 Å². The summed E-state index contributed by atoms with van der Waals surface area (Å²) in [4.78, 5) is 0. The summed E-state index contributed by atoms with van der Waals surface area (Å²) in [6.07, 6.45) is 9.21. The molecule has 0 aromatic carbocycles. The molecule has 15 heavy (non-hydrogen) atoms. The Morgan fingerprint density at radius 3 is 2.87 bits per heavy atom. The first-order valence-electron chi connectivity index (χ1n) is 6.39. The van der Waals surface area contributed by atoms with Gasteiger partial charge in [0.05, 0.1) is 0 Å². The van der Waals surface area contributed by atoms with E-state index in [1.807, 2.05) is 0 Å². The Morgan fingerprint density at radius 1 is 1.47 bits per heavy atom. The Labute approximate surface area is 94.5 Å². The third kappa shape index (κ3) is 1.79. The van der Waals surface area contributed by atoms with Crippen LogP contribution in [0.1, 0.15) is 52.9 Å². The van der Waals surface area contributed by atoms with E-state index in [4.69, 9.17) is 0 Å². The zero-order chi connectivity index (χ0) is 11.1. The van der Waals surface area contributed by atoms with Crippen molar-refractivity contribution in [2.24, 2.45) is 17.3 Å². The fraction of sp³-hybridized carbons (Fsp3) is 0.733. The molecule has 2 aliphatic rings. The number of allylic oxidation sites excluding steroid dienone is 3. The van der Waals surface area contributed by atoms with Crippen molar-refractivity contribution in [3.63, 3.8) is 0 Å². The zero-order valence-electron chi connectivity index (χ0n) is 10.5. The fourth-order valence-electron chi connectivity index (χ4n) is 3.46. The van der Waals surface area contributed by atoms with Crippen LogP contribution in [0.3, 0.4) is 0 Å². The third-order valence-electron chi connectivity index (χ3n) is 4.94. The summed E-state index contributed by atoms with van der Waals surface area (Å²) in [6.45, 7) is 11.3. The minimum absolute atomic E-state index is 0.486. The third-order valence-corrected chi connectivity index (χ3v) is 4.94. The summed E-state index contributed by atoms with van der Waals surface area (Å²) in [5.74, 6) is 1.63. The van der Waals surface area contributed by atoms with Crippen LogP contribution in [0.15, 0.2) is 23.8 Å². The van der Waals surface area contributed by atoms with Gasteiger partial charge in [0.25, 0.3) is 0 Å². The van der Waals surface area contributed by atoms with Crippen LogP contribution in [0.2, 0.25) is 0 Å². The first kappa shape index (κ1) is 11.0. The molecule has 3 atom stereocenters. The average molecular weight is 204 g/mol. The lowest BCUT2D eigenvalue weighted by molar-refractivity contribution is 0.151. The molecule has 0 aromatic heterocycles. The maximum absolute atomic E-state index is 4.15. The molecule has 0 aromatic rings. The van der Waals surface area contributed by atoms with E-state index in [2.05, 4.69) is 33.4 Å². The molecule has 0 radical (unpaired) electrons. The van der Waals surface area contributed by atoms with Gasteiger partial charge in [-0.3, -0.25) is 0 Å². The van der Waals surface area contributed by atoms with E-state index >= 15 is 0 Å². The highest BCUT2D eigenvalue weighted by atomic mass is 14.5. The maximum atomic E-state index is 4.15. The molecule has 2 rings (SSSR count). The van der Waals surface area contributed by atoms with Gasteiger partial charge in [0, 0.05) is 0 Å². The van der Waals surface area contributed by atoms with Gasteiger partial charge < -0.3 is 0 Å². The molecule has 0 heteroatoms. The van der Waals surface area contributed by atoms with Crippen LogP contribution < -0.4 is 0 Å². The van der Waals surface area contributed by atoms with Crippen LogP contribution >= 0.6 is 0 Å². The molecular formula is C15H24. The van der Waals surface area contributed by atoms with Crippen LogP contribution in [0.4, 0.5) is 0 Å². The van der Waals surface area contributed by atoms with E-state index in [9.17, 15) is 0 Å². The van der Waals surface area contributed by atoms with Crippen LogP contribution in [-0.4, -0.2) is 0 Å². The van der Waals surface area contributed by atoms with Crippen molar-refractivity contribution in [3.05, 3.63) is 23.8 Å². The normalized spacial score (nSPS) is 40.6. The van der Waals surface area contributed by atoms with E-state index in [1.54, 1.807) is 5.57 Å². The van der Waals surface area contributed by atoms with E-state index in [0.717, 1.165) is 11.8 Å². The van der Waals surface area contributed by atoms with Crippen LogP contribution in [0.5, 0.6) is 0 Å². The molecule has 1 saturated carbocycles. The molecular weight excluding hydrogens is 180 g/mol. The second kappa shape index (κ2) is 3.81. The van der Waals surface area contributed by atoms with Gasteiger partial charge in [-0.05, 0) is 56.3 Å². The van der Waals surface area contributed by atoms with Crippen molar-refractivity contribution in [1.82, 2.24) is 0 Å². The van der Waals surface area contributed by atoms with Crippen molar-refractivity contribution < 1.29 is 0 Å². The molecule has 0 amide bonds. The second-order valence-electron chi connectivity index (χ2n) is 5.91. The van der Waals surface area contributed by atoms with Crippen molar-refractivity contribution in [2.45, 2.75) is 52.9 Å². The number of rotatable bonds is 1. The van der Waals surface area contributed by atoms with Gasteiger partial charge in [-0.25, -0.2) is 0 Å². The van der Waals surface area contributed by atoms with Crippen molar-refractivity contribution in [1.29, 1.82) is 0 Å². The number of fused-ring (bicyclic) bond motifs is 1. The summed E-state index contributed by atoms with van der Waals surface area (Å²) >= 11 is 0. The van der Waals surface area contributed by atoms with Crippen LogP contribution in [-0.2, 0) is 0 Å². The summed E-state index contributed by atoms with van der Waals surface area (Å²) in [6, 6.07) is 0. The molecule has 0 bridgehead atoms. The Morgan fingerprint density at radius 2 is 2.20 bits per heavy atom. The Hall–Kier alpha value is -0.520. The highest BCUT2D eigenvalue weighted by Crippen LogP contribution is 2.53. The van der Waals surface area contributed by atoms with Gasteiger partial charge in [0.2, 0.25) is 0 Å². The van der Waals surface area contributed by atoms with E-state index in [1.165, 1.54) is 37.7 Å². The highest BCUT2D eigenvalue weighted by molar-refractivity contribution is 5.23. The molecule has 0 aliphatic heterocycles. The fourth-order valence-corrected chi connectivity index (χ4v) is 3.46. The van der Waals surface area contributed by atoms with E-state index in [0.29, 0.717) is 5.41 Å². The van der Waals surface area contributed by atoms with E-state index < -0.39 is 0 Å². The Kier molecular flexibility index (Phi) is 2.79. The average Bonchev–Trinajstić information content (AvgIpc) is 2.19. The second-order valence-corrected chi connectivity index (χ2v) is 5.91. The van der Waals surface area contributed by atoms with Gasteiger partial charge in [-0.2, -0.15) is 0 Å². The minimum Gasteiger partial charge on any atom is -0.0999 e. The van der Waals surface area contributed by atoms with Gasteiger partial charge in [-0.15, -0.1) is 0 Å². The molecule has 1 fully saturated rings. The first-order valence-corrected chi connectivity index (χ1v) is 6.39. The molecule has 0 N–H and O–H groups in total. The summed E-state index contributed by atoms with van der Waals surface area (Å²) < 4.78 is 0. The quantitative estimate of drug-likeness (QED) is 0.542. The molecule has 0 nitrogen and oxygen atoms in total. The van der Waals surface area contributed by atoms with Gasteiger partial charge in [0.15, 0.2) is 0 Å². The topological polar surface area (TPSA) is 0 Å². The largest absolute Gasteiger partial charge is 0.0999 e. The molecule has 0 spiro atoms. The zero-order valence-corrected chi connectivity index (χ0v) is 10.5. The summed E-state index contributed by atoms with van der Waals surface area (Å²) in [5.41, 5.74) is 3.63. The Bertz CT molecular complexity index is 297. The van der Waals surface area contributed by atoms with Gasteiger partial charge >= 0.3 is 0 Å². The maximum Gasteiger partial charge on any atom is -0.00850 e. The smallest absolute Gasteiger partial charge is 0.00850 e. The molecule has 2 aliphatic carbocycles.